The maximum absolute atomic E-state index is 13.7. The molecule has 1 aliphatic heterocycles. The molecule has 2 N–H and O–H groups in total. The lowest BCUT2D eigenvalue weighted by atomic mass is 9.78. The van der Waals surface area contributed by atoms with Gasteiger partial charge in [0.05, 0.1) is 17.4 Å². The van der Waals surface area contributed by atoms with Crippen LogP contribution in [0, 0.1) is 5.82 Å². The fourth-order valence-corrected chi connectivity index (χ4v) is 5.31. The highest BCUT2D eigenvalue weighted by molar-refractivity contribution is 6.10. The Morgan fingerprint density at radius 1 is 0.730 bits per heavy atom. The molecular formula is C32H25FN2O2. The van der Waals surface area contributed by atoms with Crippen LogP contribution in [0.2, 0.25) is 0 Å². The Kier molecular flexibility index (Phi) is 5.89. The lowest BCUT2D eigenvalue weighted by Crippen LogP contribution is -2.26. The van der Waals surface area contributed by atoms with Gasteiger partial charge in [0.15, 0.2) is 11.6 Å². The van der Waals surface area contributed by atoms with Crippen LogP contribution in [0.1, 0.15) is 51.8 Å². The van der Waals surface area contributed by atoms with Crippen molar-refractivity contribution in [1.82, 2.24) is 0 Å². The zero-order valence-corrected chi connectivity index (χ0v) is 20.1. The Morgan fingerprint density at radius 3 is 2.16 bits per heavy atom. The SMILES string of the molecule is O=C1C[C@@H](c2ccccc2)CC2=C1[C@H](c1ccc(F)cc1)Nc1ccc(C(=O)c3ccccc3)cc1N2. The molecular weight excluding hydrogens is 463 g/mol. The van der Waals surface area contributed by atoms with Gasteiger partial charge in [0.1, 0.15) is 5.82 Å². The van der Waals surface area contributed by atoms with Crippen molar-refractivity contribution >= 4 is 22.9 Å². The fraction of sp³-hybridized carbons (Fsp3) is 0.125. The molecule has 0 bridgehead atoms. The molecule has 1 aliphatic carbocycles. The molecule has 0 fully saturated rings. The number of rotatable bonds is 4. The third kappa shape index (κ3) is 4.45. The summed E-state index contributed by atoms with van der Waals surface area (Å²) in [5.41, 5.74) is 6.10. The summed E-state index contributed by atoms with van der Waals surface area (Å²) in [6, 6.07) is 30.6. The molecule has 0 unspecified atom stereocenters. The summed E-state index contributed by atoms with van der Waals surface area (Å²) in [4.78, 5) is 26.8. The number of carbonyl (C=O) groups excluding carboxylic acids is 2. The van der Waals surface area contributed by atoms with Gasteiger partial charge in [-0.25, -0.2) is 4.39 Å². The molecule has 0 saturated carbocycles. The first-order valence-electron chi connectivity index (χ1n) is 12.4. The van der Waals surface area contributed by atoms with E-state index in [0.29, 0.717) is 29.5 Å². The molecule has 2 atom stereocenters. The Morgan fingerprint density at radius 2 is 1.43 bits per heavy atom. The number of fused-ring (bicyclic) bond motifs is 1. The van der Waals surface area contributed by atoms with Gasteiger partial charge in [-0.2, -0.15) is 0 Å². The van der Waals surface area contributed by atoms with Gasteiger partial charge in [-0.15, -0.1) is 0 Å². The zero-order valence-electron chi connectivity index (χ0n) is 20.1. The van der Waals surface area contributed by atoms with E-state index in [1.54, 1.807) is 30.3 Å². The minimum Gasteiger partial charge on any atom is -0.372 e. The number of hydrogen-bond acceptors (Lipinski definition) is 4. The highest BCUT2D eigenvalue weighted by Crippen LogP contribution is 2.44. The van der Waals surface area contributed by atoms with E-state index in [1.165, 1.54) is 12.1 Å². The van der Waals surface area contributed by atoms with Crippen LogP contribution in [0.25, 0.3) is 0 Å². The molecule has 4 aromatic carbocycles. The van der Waals surface area contributed by atoms with Crippen molar-refractivity contribution in [3.63, 3.8) is 0 Å². The van der Waals surface area contributed by atoms with Gasteiger partial charge in [0.2, 0.25) is 0 Å². The van der Waals surface area contributed by atoms with Crippen LogP contribution in [-0.2, 0) is 4.79 Å². The third-order valence-corrected chi connectivity index (χ3v) is 7.17. The second-order valence-corrected chi connectivity index (χ2v) is 9.54. The van der Waals surface area contributed by atoms with E-state index < -0.39 is 6.04 Å². The number of allylic oxidation sites excluding steroid dienone is 1. The number of ketones is 2. The molecule has 2 aliphatic rings. The van der Waals surface area contributed by atoms with Crippen molar-refractivity contribution in [2.45, 2.75) is 24.8 Å². The maximum atomic E-state index is 13.7. The van der Waals surface area contributed by atoms with Crippen molar-refractivity contribution < 1.29 is 14.0 Å². The zero-order chi connectivity index (χ0) is 25.4. The van der Waals surface area contributed by atoms with Crippen LogP contribution in [-0.4, -0.2) is 11.6 Å². The second kappa shape index (κ2) is 9.51. The first-order chi connectivity index (χ1) is 18.1. The standard InChI is InChI=1S/C32H25FN2O2/c33-25-14-11-21(12-15-25)31-30-28(18-24(19-29(30)36)20-7-3-1-4-8-20)34-27-17-23(13-16-26(27)35-31)32(37)22-9-5-2-6-10-22/h1-17,24,31,34-35H,18-19H2/t24-,31-/m0/s1. The van der Waals surface area contributed by atoms with Gasteiger partial charge in [0.25, 0.3) is 0 Å². The number of hydrogen-bond donors (Lipinski definition) is 2. The number of nitrogens with one attached hydrogen (secondary N) is 2. The molecule has 0 spiro atoms. The highest BCUT2D eigenvalue weighted by atomic mass is 19.1. The van der Waals surface area contributed by atoms with Gasteiger partial charge in [-0.3, -0.25) is 9.59 Å². The predicted molar refractivity (Wildman–Crippen MR) is 143 cm³/mol. The van der Waals surface area contributed by atoms with Crippen molar-refractivity contribution in [3.05, 3.63) is 142 Å². The molecule has 0 amide bonds. The van der Waals surface area contributed by atoms with Crippen LogP contribution in [0.15, 0.2) is 114 Å². The van der Waals surface area contributed by atoms with Gasteiger partial charge < -0.3 is 10.6 Å². The smallest absolute Gasteiger partial charge is 0.193 e. The predicted octanol–water partition coefficient (Wildman–Crippen LogP) is 7.04. The summed E-state index contributed by atoms with van der Waals surface area (Å²) >= 11 is 0. The van der Waals surface area contributed by atoms with Gasteiger partial charge in [0, 0.05) is 28.8 Å². The van der Waals surface area contributed by atoms with E-state index in [1.807, 2.05) is 48.5 Å². The maximum Gasteiger partial charge on any atom is 0.193 e. The van der Waals surface area contributed by atoms with Gasteiger partial charge in [-0.05, 0) is 53.8 Å². The third-order valence-electron chi connectivity index (χ3n) is 7.17. The molecule has 182 valence electrons. The van der Waals surface area contributed by atoms with E-state index in [0.717, 1.165) is 28.2 Å². The molecule has 0 radical (unpaired) electrons. The number of carbonyl (C=O) groups is 2. The normalized spacial score (nSPS) is 18.7. The Hall–Kier alpha value is -4.51. The van der Waals surface area contributed by atoms with Crippen LogP contribution < -0.4 is 10.6 Å². The van der Waals surface area contributed by atoms with Gasteiger partial charge >= 0.3 is 0 Å². The fourth-order valence-electron chi connectivity index (χ4n) is 5.31. The van der Waals surface area contributed by atoms with Crippen molar-refractivity contribution in [2.75, 3.05) is 10.6 Å². The summed E-state index contributed by atoms with van der Waals surface area (Å²) in [5, 5.41) is 7.03. The summed E-state index contributed by atoms with van der Waals surface area (Å²) in [6.45, 7) is 0. The first kappa shape index (κ1) is 22.9. The van der Waals surface area contributed by atoms with E-state index in [-0.39, 0.29) is 23.3 Å². The Labute approximate surface area is 214 Å². The van der Waals surface area contributed by atoms with Crippen LogP contribution in [0.4, 0.5) is 15.8 Å². The molecule has 4 nitrogen and oxygen atoms in total. The summed E-state index contributed by atoms with van der Waals surface area (Å²) in [5.74, 6) is -0.295. The van der Waals surface area contributed by atoms with E-state index >= 15 is 0 Å². The quantitative estimate of drug-likeness (QED) is 0.303. The second-order valence-electron chi connectivity index (χ2n) is 9.54. The summed E-state index contributed by atoms with van der Waals surface area (Å²) in [7, 11) is 0. The molecule has 0 aromatic heterocycles. The first-order valence-corrected chi connectivity index (χ1v) is 12.4. The average molecular weight is 489 g/mol. The largest absolute Gasteiger partial charge is 0.372 e. The molecule has 4 aromatic rings. The summed E-state index contributed by atoms with van der Waals surface area (Å²) < 4.78 is 13.7. The number of halogens is 1. The Bertz CT molecular complexity index is 1510. The highest BCUT2D eigenvalue weighted by Gasteiger charge is 2.36. The average Bonchev–Trinajstić information content (AvgIpc) is 3.10. The topological polar surface area (TPSA) is 58.2 Å². The number of benzene rings is 4. The molecule has 5 heteroatoms. The lowest BCUT2D eigenvalue weighted by Gasteiger charge is -2.30. The van der Waals surface area contributed by atoms with Crippen LogP contribution in [0.5, 0.6) is 0 Å². The molecule has 1 heterocycles. The van der Waals surface area contributed by atoms with E-state index in [9.17, 15) is 14.0 Å². The summed E-state index contributed by atoms with van der Waals surface area (Å²) in [6.07, 6.45) is 1.05. The van der Waals surface area contributed by atoms with E-state index in [4.69, 9.17) is 0 Å². The van der Waals surface area contributed by atoms with Crippen molar-refractivity contribution in [1.29, 1.82) is 0 Å². The van der Waals surface area contributed by atoms with E-state index in [2.05, 4.69) is 22.8 Å². The Balaban J connectivity index is 1.44. The molecule has 0 saturated heterocycles. The molecule has 6 rings (SSSR count). The van der Waals surface area contributed by atoms with Crippen molar-refractivity contribution in [2.24, 2.45) is 0 Å². The number of anilines is 2. The monoisotopic (exact) mass is 488 g/mol. The van der Waals surface area contributed by atoms with Gasteiger partial charge in [-0.1, -0.05) is 72.8 Å². The lowest BCUT2D eigenvalue weighted by molar-refractivity contribution is -0.116. The van der Waals surface area contributed by atoms with Crippen LogP contribution in [0.3, 0.4) is 0 Å². The van der Waals surface area contributed by atoms with Crippen LogP contribution >= 0.6 is 0 Å². The minimum absolute atomic E-state index is 0.0458. The van der Waals surface area contributed by atoms with Crippen molar-refractivity contribution in [3.8, 4) is 0 Å². The molecule has 37 heavy (non-hydrogen) atoms. The minimum atomic E-state index is -0.441. The number of Topliss-reactive ketones (excluding diaryl/α,β-unsaturated/α-hetero) is 1.